The van der Waals surface area contributed by atoms with E-state index in [0.717, 1.165) is 95.7 Å². The third kappa shape index (κ3) is 53.5. The number of aromatic hydroxyl groups is 2. The number of rotatable bonds is 22. The van der Waals surface area contributed by atoms with Gasteiger partial charge in [0.1, 0.15) is 23.0 Å². The second-order valence-corrected chi connectivity index (χ2v) is 36.7. The first kappa shape index (κ1) is 116. The Bertz CT molecular complexity index is 5000. The van der Waals surface area contributed by atoms with E-state index in [1.807, 2.05) is 195 Å². The number of carboxylic acids is 1. The number of aldehydes is 1. The molecule has 651 valence electrons. The van der Waals surface area contributed by atoms with Crippen LogP contribution in [0.2, 0.25) is 0 Å². The maximum Gasteiger partial charge on any atom is 0.323 e. The van der Waals surface area contributed by atoms with E-state index in [1.165, 1.54) is 10.7 Å². The van der Waals surface area contributed by atoms with Crippen molar-refractivity contribution in [3.05, 3.63) is 327 Å². The molecule has 0 saturated carbocycles. The number of halogens is 11. The zero-order chi connectivity index (χ0) is 88.2. The fourth-order valence-electron chi connectivity index (χ4n) is 9.77. The fraction of sp³-hybridized carbons (Fsp3) is 0.207. The standard InChI is InChI=1S/C26H20IN3O2.C10H11IO.C9H8BrIO.C9H7IN2O.C9H7IO2.C8H6ClIO.C8H7IO2.C6H9NO.2CH4.Ag.Cl2OS.HNO3/c27-20-10-6-18(7-11-20)15-23-26(32)30-16-24(19-8-12-21(31)13-9-19)28-22(25(30)29-23)14-17-4-2-1-3-5-17;1-2-10(12)7-8-3-5-9(11)6-4-8;10-6-9(12)5-7-1-3-8(11)4-2-7;10-8-3-1-7(2-4-8)5-9(13)6-12-11;10-8-3-1-7(2-4-8)5-9(12)6-11;9-8(11)5-6-1-3-7(10)4-2-6;9-7-3-1-6(2-4-7)5-8(10)11;7-4-3-6-2-1-5-8-6;;;;1-4(2)3;2-1(3)4/h1-13,16,31-32H,14-15H2;3-6H,2,7H2,1H3;1-4H,5-6H2;1-4,6H,5H2;1-4,6H,5H2;1-4H,5H2;1-4H,5H2,(H,10,11);6H,1-3,5H2;2*1H4;;;(H,2,3,4). The van der Waals surface area contributed by atoms with Crippen molar-refractivity contribution < 1.29 is 95.3 Å². The Morgan fingerprint density at radius 2 is 0.959 bits per heavy atom. The van der Waals surface area contributed by atoms with Crippen molar-refractivity contribution >= 4 is 269 Å². The van der Waals surface area contributed by atoms with E-state index in [0.29, 0.717) is 79.4 Å². The van der Waals surface area contributed by atoms with Gasteiger partial charge in [0, 0.05) is 138 Å². The van der Waals surface area contributed by atoms with E-state index in [4.69, 9.17) is 61.7 Å². The van der Waals surface area contributed by atoms with Crippen molar-refractivity contribution in [3.63, 3.8) is 0 Å². The molecule has 1 unspecified atom stereocenters. The monoisotopic (exact) mass is 2680 g/mol. The summed E-state index contributed by atoms with van der Waals surface area (Å²) < 4.78 is 24.1. The first-order valence-electron chi connectivity index (χ1n) is 35.1. The van der Waals surface area contributed by atoms with Gasteiger partial charge in [-0.05, 0) is 336 Å². The number of phenolic OH excluding ortho intramolecular Hbond substituents is 1. The van der Waals surface area contributed by atoms with Gasteiger partial charge in [0.25, 0.3) is 5.09 Å². The summed E-state index contributed by atoms with van der Waals surface area (Å²) in [4.78, 5) is 95.2. The van der Waals surface area contributed by atoms with Crippen molar-refractivity contribution in [2.75, 3.05) is 11.9 Å². The van der Waals surface area contributed by atoms with E-state index in [9.17, 15) is 43.8 Å². The van der Waals surface area contributed by atoms with Gasteiger partial charge in [-0.3, -0.25) is 38.0 Å². The molecule has 1 fully saturated rings. The minimum atomic E-state index is -1.67. The Hall–Kier alpha value is -5.93. The van der Waals surface area contributed by atoms with E-state index < -0.39 is 20.3 Å². The molecular weight excluding hydrogens is 2600 g/mol. The Labute approximate surface area is 845 Å². The van der Waals surface area contributed by atoms with Crippen LogP contribution >= 0.6 is 207 Å². The molecular formula is C87H84AgBrCl3I7N7O15S. The number of hydrogen-bond acceptors (Lipinski definition) is 16. The molecule has 1 saturated heterocycles. The van der Waals surface area contributed by atoms with Gasteiger partial charge in [-0.1, -0.05) is 153 Å². The fourth-order valence-corrected chi connectivity index (χ4v) is 12.6. The Balaban J connectivity index is 0.00000141. The van der Waals surface area contributed by atoms with Crippen molar-refractivity contribution in [1.29, 1.82) is 5.26 Å². The number of aliphatic carboxylic acids is 1. The molecule has 0 spiro atoms. The minimum absolute atomic E-state index is 0. The van der Waals surface area contributed by atoms with Gasteiger partial charge < -0.3 is 30.8 Å². The van der Waals surface area contributed by atoms with Crippen LogP contribution in [0.4, 0.5) is 0 Å². The Morgan fingerprint density at radius 1 is 0.598 bits per heavy atom. The number of nitriles is 1. The molecule has 0 amide bonds. The molecule has 2 aromatic heterocycles. The number of carboxylic acid groups (broad SMARTS) is 1. The first-order valence-corrected chi connectivity index (χ1v) is 46.9. The molecule has 35 heteroatoms. The van der Waals surface area contributed by atoms with Crippen LogP contribution in [-0.2, 0) is 121 Å². The number of carbonyl (C=O) groups is 7. The Morgan fingerprint density at radius 3 is 1.31 bits per heavy atom. The molecule has 1 aliphatic rings. The predicted molar refractivity (Wildman–Crippen MR) is 540 cm³/mol. The molecule has 22 nitrogen and oxygen atoms in total. The molecule has 0 aliphatic carbocycles. The predicted octanol–water partition coefficient (Wildman–Crippen LogP) is 22.1. The van der Waals surface area contributed by atoms with Crippen LogP contribution in [0.1, 0.15) is 103 Å². The van der Waals surface area contributed by atoms with Crippen LogP contribution in [-0.4, -0.2) is 114 Å². The largest absolute Gasteiger partial charge is 0.508 e. The molecule has 0 bridgehead atoms. The van der Waals surface area contributed by atoms with Gasteiger partial charge >= 0.3 is 12.2 Å². The van der Waals surface area contributed by atoms with Gasteiger partial charge in [-0.25, -0.2) is 14.2 Å². The third-order valence-corrected chi connectivity index (χ3v) is 21.1. The van der Waals surface area contributed by atoms with E-state index in [1.54, 1.807) is 22.7 Å². The van der Waals surface area contributed by atoms with Crippen molar-refractivity contribution in [2.24, 2.45) is 0 Å². The number of fused-ring (bicyclic) bond motifs is 1. The van der Waals surface area contributed by atoms with Crippen LogP contribution in [0, 0.1) is 46.4 Å². The first-order chi connectivity index (χ1) is 56.7. The van der Waals surface area contributed by atoms with Gasteiger partial charge in [0.2, 0.25) is 26.1 Å². The topological polar surface area (TPSA) is 360 Å². The summed E-state index contributed by atoms with van der Waals surface area (Å²) in [5.74, 6) is -0.529. The zero-order valence-electron chi connectivity index (χ0n) is 63.3. The molecule has 4 N–H and O–H groups in total. The quantitative estimate of drug-likeness (QED) is 0.00418. The van der Waals surface area contributed by atoms with Gasteiger partial charge in [0.05, 0.1) is 41.7 Å². The molecule has 3 heterocycles. The maximum atomic E-state index is 11.1. The average Bonchev–Trinajstić information content (AvgIpc) is 1.62. The van der Waals surface area contributed by atoms with E-state index in [2.05, 4.69) is 231 Å². The number of imidazole rings is 1. The maximum absolute atomic E-state index is 11.1. The third-order valence-electron chi connectivity index (χ3n) is 15.3. The van der Waals surface area contributed by atoms with E-state index in [-0.39, 0.29) is 96.8 Å². The number of phenols is 1. The molecule has 11 aromatic rings. The number of nitrogens with zero attached hydrogens (tertiary/aromatic N) is 7. The number of aromatic nitrogens is 3. The molecule has 1 radical (unpaired) electrons. The van der Waals surface area contributed by atoms with Gasteiger partial charge in [-0.2, -0.15) is 10.1 Å². The van der Waals surface area contributed by atoms with Crippen LogP contribution in [0.25, 0.3) is 22.4 Å². The second kappa shape index (κ2) is 67.4. The van der Waals surface area contributed by atoms with E-state index >= 15 is 0 Å². The number of carbonyl (C=O) groups excluding carboxylic acids is 6. The smallest absolute Gasteiger partial charge is 0.323 e. The summed E-state index contributed by atoms with van der Waals surface area (Å²) in [6.07, 6.45) is 9.88. The van der Waals surface area contributed by atoms with Gasteiger partial charge in [-0.15, -0.1) is 10.1 Å². The van der Waals surface area contributed by atoms with Gasteiger partial charge in [0.15, 0.2) is 17.7 Å². The number of ether oxygens (including phenoxy) is 1. The minimum Gasteiger partial charge on any atom is -0.508 e. The summed E-state index contributed by atoms with van der Waals surface area (Å²) in [5, 5.41) is 51.1. The molecule has 1 atom stereocenters. The van der Waals surface area contributed by atoms with Crippen LogP contribution in [0.15, 0.2) is 231 Å². The number of benzene rings is 9. The van der Waals surface area contributed by atoms with Crippen molar-refractivity contribution in [1.82, 2.24) is 14.4 Å². The van der Waals surface area contributed by atoms with Crippen LogP contribution < -0.4 is 0 Å². The number of hydrogen-bond donors (Lipinski definition) is 4. The van der Waals surface area contributed by atoms with Crippen molar-refractivity contribution in [2.45, 2.75) is 105 Å². The summed E-state index contributed by atoms with van der Waals surface area (Å²) in [6, 6.07) is 73.7. The number of alkyl halides is 1. The second-order valence-electron chi connectivity index (χ2n) is 24.5. The van der Waals surface area contributed by atoms with Crippen LogP contribution in [0.3, 0.4) is 0 Å². The zero-order valence-corrected chi connectivity index (χ0v) is 84.6. The number of Topliss-reactive ketones (excluding diaryl/α,β-unsaturated/α-hetero) is 4. The summed E-state index contributed by atoms with van der Waals surface area (Å²) in [5.41, 5.74) is 19.7. The molecule has 122 heavy (non-hydrogen) atoms. The molecule has 9 aromatic carbocycles. The Kier molecular flexibility index (Phi) is 64.1. The molecule has 1 aliphatic heterocycles. The van der Waals surface area contributed by atoms with Crippen LogP contribution in [0.5, 0.6) is 11.6 Å². The molecule has 12 rings (SSSR count). The SMILES string of the molecule is C.C.CCC(=O)Cc1ccc(I)cc1.N#CCC1CCCO1.O=C(CBr)Cc1ccc(I)cc1.O=C(Cl)Cc1ccc(I)cc1.O=C(O)Cc1ccc(I)cc1.O=CC(=O)Cc1ccc(I)cc1.O=S(Cl)Cl.O=[N+]([O-])O.Oc1ccc(-c2cn3c(O)c(Cc4ccc(I)cc4)nc3c(Cc3ccccc3)n2)cc1.[Ag].[N-]=[N+]=CC(=O)Cc1ccc(I)cc1. The number of ketones is 4. The van der Waals surface area contributed by atoms with Crippen molar-refractivity contribution in [3.8, 4) is 29.0 Å². The summed E-state index contributed by atoms with van der Waals surface area (Å²) in [7, 11) is 7.36. The average molecular weight is 2680 g/mol. The summed E-state index contributed by atoms with van der Waals surface area (Å²) in [6.45, 7) is 2.75. The normalized spacial score (nSPS) is 10.8. The summed E-state index contributed by atoms with van der Waals surface area (Å²) >= 11 is 23.9.